The quantitative estimate of drug-likeness (QED) is 0.541. The number of phenolic OH excluding ortho intramolecular Hbond substituents is 1. The van der Waals surface area contributed by atoms with Crippen LogP contribution in [-0.2, 0) is 0 Å². The van der Waals surface area contributed by atoms with E-state index in [0.29, 0.717) is 17.1 Å². The van der Waals surface area contributed by atoms with Gasteiger partial charge in [-0.05, 0) is 18.2 Å². The minimum Gasteiger partial charge on any atom is -0.507 e. The first-order valence-corrected chi connectivity index (χ1v) is 5.71. The van der Waals surface area contributed by atoms with E-state index in [1.807, 2.05) is 0 Å². The molecule has 0 aliphatic heterocycles. The fourth-order valence-corrected chi connectivity index (χ4v) is 1.88. The standard InChI is InChI=1S/C12H11N5O3/c1-20-5-2-3-7(18)6(4-5)9-14-8-10(15-9)16-12(13)17-11(8)19/h2-4,18H,1H3,(H4,13,14,15,16,17,19). The van der Waals surface area contributed by atoms with Gasteiger partial charge >= 0.3 is 0 Å². The number of aromatic amines is 2. The first-order chi connectivity index (χ1) is 9.58. The Bertz CT molecular complexity index is 852. The Labute approximate surface area is 112 Å². The maximum Gasteiger partial charge on any atom is 0.278 e. The normalized spacial score (nSPS) is 10.8. The van der Waals surface area contributed by atoms with Crippen molar-refractivity contribution in [2.75, 3.05) is 12.8 Å². The third-order valence-corrected chi connectivity index (χ3v) is 2.84. The second-order valence-corrected chi connectivity index (χ2v) is 4.12. The average molecular weight is 273 g/mol. The van der Waals surface area contributed by atoms with Crippen LogP contribution in [0.4, 0.5) is 5.95 Å². The van der Waals surface area contributed by atoms with Gasteiger partial charge in [-0.2, -0.15) is 4.98 Å². The smallest absolute Gasteiger partial charge is 0.278 e. The van der Waals surface area contributed by atoms with Gasteiger partial charge in [0.25, 0.3) is 5.56 Å². The van der Waals surface area contributed by atoms with E-state index >= 15 is 0 Å². The molecule has 102 valence electrons. The van der Waals surface area contributed by atoms with E-state index in [2.05, 4.69) is 19.9 Å². The lowest BCUT2D eigenvalue weighted by atomic mass is 10.2. The molecule has 2 aromatic heterocycles. The molecule has 20 heavy (non-hydrogen) atoms. The van der Waals surface area contributed by atoms with E-state index in [1.54, 1.807) is 12.1 Å². The summed E-state index contributed by atoms with van der Waals surface area (Å²) in [5, 5.41) is 9.89. The molecule has 0 saturated heterocycles. The maximum atomic E-state index is 11.7. The van der Waals surface area contributed by atoms with Crippen molar-refractivity contribution in [3.05, 3.63) is 28.6 Å². The van der Waals surface area contributed by atoms with Crippen molar-refractivity contribution >= 4 is 17.1 Å². The van der Waals surface area contributed by atoms with Crippen molar-refractivity contribution in [2.24, 2.45) is 0 Å². The number of ether oxygens (including phenoxy) is 1. The van der Waals surface area contributed by atoms with Gasteiger partial charge in [-0.25, -0.2) is 4.98 Å². The predicted molar refractivity (Wildman–Crippen MR) is 72.6 cm³/mol. The van der Waals surface area contributed by atoms with Crippen LogP contribution in [0, 0.1) is 0 Å². The molecule has 1 aromatic carbocycles. The van der Waals surface area contributed by atoms with Gasteiger partial charge in [-0.1, -0.05) is 0 Å². The van der Waals surface area contributed by atoms with Crippen LogP contribution in [0.5, 0.6) is 11.5 Å². The second kappa shape index (κ2) is 4.26. The zero-order valence-electron chi connectivity index (χ0n) is 10.5. The number of aromatic hydroxyl groups is 1. The third kappa shape index (κ3) is 1.83. The van der Waals surface area contributed by atoms with E-state index < -0.39 is 5.56 Å². The summed E-state index contributed by atoms with van der Waals surface area (Å²) < 4.78 is 5.09. The number of nitrogen functional groups attached to an aromatic ring is 1. The highest BCUT2D eigenvalue weighted by atomic mass is 16.5. The van der Waals surface area contributed by atoms with Gasteiger partial charge in [0.05, 0.1) is 12.7 Å². The SMILES string of the molecule is COc1ccc(O)c(-c2nc3nc(N)[nH]c(=O)c3[nH]2)c1. The van der Waals surface area contributed by atoms with Crippen LogP contribution in [0.3, 0.4) is 0 Å². The molecule has 0 aliphatic rings. The molecule has 0 unspecified atom stereocenters. The molecule has 0 saturated carbocycles. The minimum atomic E-state index is -0.423. The predicted octanol–water partition coefficient (Wildman–Crippen LogP) is 0.610. The van der Waals surface area contributed by atoms with E-state index in [-0.39, 0.29) is 22.9 Å². The number of phenols is 1. The Hall–Kier alpha value is -3.03. The summed E-state index contributed by atoms with van der Waals surface area (Å²) in [6, 6.07) is 4.70. The largest absolute Gasteiger partial charge is 0.507 e. The lowest BCUT2D eigenvalue weighted by molar-refractivity contribution is 0.412. The van der Waals surface area contributed by atoms with E-state index in [9.17, 15) is 9.90 Å². The summed E-state index contributed by atoms with van der Waals surface area (Å²) in [7, 11) is 1.52. The average Bonchev–Trinajstić information content (AvgIpc) is 2.83. The zero-order chi connectivity index (χ0) is 14.3. The van der Waals surface area contributed by atoms with Crippen molar-refractivity contribution < 1.29 is 9.84 Å². The molecular weight excluding hydrogens is 262 g/mol. The summed E-state index contributed by atoms with van der Waals surface area (Å²) in [5.41, 5.74) is 5.81. The topological polar surface area (TPSA) is 130 Å². The number of fused-ring (bicyclic) bond motifs is 1. The van der Waals surface area contributed by atoms with Crippen LogP contribution in [0.2, 0.25) is 0 Å². The molecule has 0 fully saturated rings. The molecule has 2 heterocycles. The number of aromatic nitrogens is 4. The summed E-state index contributed by atoms with van der Waals surface area (Å²) >= 11 is 0. The highest BCUT2D eigenvalue weighted by molar-refractivity contribution is 5.78. The molecule has 8 nitrogen and oxygen atoms in total. The molecule has 0 radical (unpaired) electrons. The number of hydrogen-bond acceptors (Lipinski definition) is 6. The first kappa shape index (κ1) is 12.0. The molecule has 5 N–H and O–H groups in total. The highest BCUT2D eigenvalue weighted by Gasteiger charge is 2.13. The molecule has 3 rings (SSSR count). The highest BCUT2D eigenvalue weighted by Crippen LogP contribution is 2.31. The van der Waals surface area contributed by atoms with Crippen LogP contribution >= 0.6 is 0 Å². The molecule has 8 heteroatoms. The second-order valence-electron chi connectivity index (χ2n) is 4.12. The summed E-state index contributed by atoms with van der Waals surface area (Å²) in [4.78, 5) is 25.0. The van der Waals surface area contributed by atoms with Crippen LogP contribution in [0.15, 0.2) is 23.0 Å². The van der Waals surface area contributed by atoms with Gasteiger partial charge in [0.1, 0.15) is 17.3 Å². The number of rotatable bonds is 2. The van der Waals surface area contributed by atoms with Crippen LogP contribution < -0.4 is 16.0 Å². The van der Waals surface area contributed by atoms with Crippen molar-refractivity contribution in [1.29, 1.82) is 0 Å². The number of methoxy groups -OCH3 is 1. The summed E-state index contributed by atoms with van der Waals surface area (Å²) in [6.45, 7) is 0. The van der Waals surface area contributed by atoms with Crippen LogP contribution in [0.25, 0.3) is 22.6 Å². The van der Waals surface area contributed by atoms with Gasteiger partial charge in [0, 0.05) is 0 Å². The van der Waals surface area contributed by atoms with Crippen molar-refractivity contribution in [3.63, 3.8) is 0 Å². The Morgan fingerprint density at radius 2 is 2.10 bits per heavy atom. The van der Waals surface area contributed by atoms with Gasteiger partial charge in [-0.3, -0.25) is 9.78 Å². The number of anilines is 1. The number of H-pyrrole nitrogens is 2. The lowest BCUT2D eigenvalue weighted by Gasteiger charge is -2.04. The molecular formula is C12H11N5O3. The molecule has 3 aromatic rings. The summed E-state index contributed by atoms with van der Waals surface area (Å²) in [5.74, 6) is 0.851. The number of nitrogens with one attached hydrogen (secondary N) is 2. The van der Waals surface area contributed by atoms with Gasteiger partial charge < -0.3 is 20.6 Å². The molecule has 0 spiro atoms. The molecule has 0 aliphatic carbocycles. The monoisotopic (exact) mass is 273 g/mol. The molecule has 0 atom stereocenters. The van der Waals surface area contributed by atoms with Gasteiger partial charge in [-0.15, -0.1) is 0 Å². The van der Waals surface area contributed by atoms with Crippen LogP contribution in [0.1, 0.15) is 0 Å². The fourth-order valence-electron chi connectivity index (χ4n) is 1.88. The Kier molecular flexibility index (Phi) is 2.56. The van der Waals surface area contributed by atoms with E-state index in [1.165, 1.54) is 13.2 Å². The number of hydrogen-bond donors (Lipinski definition) is 4. The number of imidazole rings is 1. The van der Waals surface area contributed by atoms with Gasteiger partial charge in [0.15, 0.2) is 11.2 Å². The number of nitrogens with zero attached hydrogens (tertiary/aromatic N) is 2. The van der Waals surface area contributed by atoms with Crippen LogP contribution in [-0.4, -0.2) is 32.2 Å². The van der Waals surface area contributed by atoms with Gasteiger partial charge in [0.2, 0.25) is 5.95 Å². The van der Waals surface area contributed by atoms with Crippen molar-refractivity contribution in [1.82, 2.24) is 19.9 Å². The number of nitrogens with two attached hydrogens (primary N) is 1. The van der Waals surface area contributed by atoms with Crippen molar-refractivity contribution in [2.45, 2.75) is 0 Å². The summed E-state index contributed by atoms with van der Waals surface area (Å²) in [6.07, 6.45) is 0. The lowest BCUT2D eigenvalue weighted by Crippen LogP contribution is -2.10. The Balaban J connectivity index is 2.25. The van der Waals surface area contributed by atoms with E-state index in [4.69, 9.17) is 10.5 Å². The molecule has 0 bridgehead atoms. The molecule has 0 amide bonds. The maximum absolute atomic E-state index is 11.7. The first-order valence-electron chi connectivity index (χ1n) is 5.71. The number of benzene rings is 1. The van der Waals surface area contributed by atoms with Crippen molar-refractivity contribution in [3.8, 4) is 22.9 Å². The minimum absolute atomic E-state index is 0.00857. The Morgan fingerprint density at radius 1 is 1.30 bits per heavy atom. The fraction of sp³-hybridized carbons (Fsp3) is 0.0833. The van der Waals surface area contributed by atoms with E-state index in [0.717, 1.165) is 0 Å². The Morgan fingerprint density at radius 3 is 2.85 bits per heavy atom. The zero-order valence-corrected chi connectivity index (χ0v) is 10.5. The third-order valence-electron chi connectivity index (χ3n) is 2.84.